The van der Waals surface area contributed by atoms with Gasteiger partial charge in [0, 0.05) is 38.4 Å². The highest BCUT2D eigenvalue weighted by molar-refractivity contribution is 6.01. The second-order valence-corrected chi connectivity index (χ2v) is 8.64. The largest absolute Gasteiger partial charge is 0.384 e. The summed E-state index contributed by atoms with van der Waals surface area (Å²) in [6.45, 7) is 7.25. The highest BCUT2D eigenvalue weighted by Crippen LogP contribution is 2.21. The van der Waals surface area contributed by atoms with Crippen molar-refractivity contribution in [3.05, 3.63) is 92.1 Å². The van der Waals surface area contributed by atoms with E-state index in [0.717, 1.165) is 23.2 Å². The molecule has 1 aromatic heterocycles. The Balaban J connectivity index is 1.55. The molecule has 2 N–H and O–H groups in total. The number of piperazine rings is 1. The summed E-state index contributed by atoms with van der Waals surface area (Å²) in [4.78, 5) is 43.6. The van der Waals surface area contributed by atoms with Gasteiger partial charge in [0.15, 0.2) is 5.78 Å². The molecular weight excluding hydrogens is 430 g/mol. The fourth-order valence-corrected chi connectivity index (χ4v) is 4.52. The van der Waals surface area contributed by atoms with Gasteiger partial charge in [-0.3, -0.25) is 23.6 Å². The minimum atomic E-state index is -0.613. The van der Waals surface area contributed by atoms with Crippen LogP contribution in [0, 0.1) is 6.92 Å². The topological polar surface area (TPSA) is 93.6 Å². The van der Waals surface area contributed by atoms with Crippen molar-refractivity contribution < 1.29 is 4.79 Å². The number of nitrogen functional groups attached to an aromatic ring is 1. The molecule has 2 aromatic carbocycles. The predicted molar refractivity (Wildman–Crippen MR) is 135 cm³/mol. The summed E-state index contributed by atoms with van der Waals surface area (Å²) in [7, 11) is 0. The Morgan fingerprint density at radius 1 is 0.912 bits per heavy atom. The van der Waals surface area contributed by atoms with Crippen molar-refractivity contribution in [2.75, 3.05) is 43.4 Å². The van der Waals surface area contributed by atoms with E-state index in [1.165, 1.54) is 15.8 Å². The molecule has 1 saturated heterocycles. The van der Waals surface area contributed by atoms with Crippen molar-refractivity contribution in [2.24, 2.45) is 0 Å². The zero-order valence-electron chi connectivity index (χ0n) is 19.7. The van der Waals surface area contributed by atoms with Crippen molar-refractivity contribution in [3.63, 3.8) is 0 Å². The summed E-state index contributed by atoms with van der Waals surface area (Å²) in [5.41, 5.74) is 8.36. The number of carbonyl (C=O) groups is 1. The minimum Gasteiger partial charge on any atom is -0.384 e. The normalized spacial score (nSPS) is 14.4. The zero-order chi connectivity index (χ0) is 24.2. The van der Waals surface area contributed by atoms with Gasteiger partial charge in [0.05, 0.1) is 13.1 Å². The van der Waals surface area contributed by atoms with Crippen molar-refractivity contribution in [1.29, 1.82) is 0 Å². The summed E-state index contributed by atoms with van der Waals surface area (Å²) >= 11 is 0. The maximum absolute atomic E-state index is 13.3. The number of aromatic nitrogens is 2. The van der Waals surface area contributed by atoms with Gasteiger partial charge >= 0.3 is 5.69 Å². The van der Waals surface area contributed by atoms with Crippen LogP contribution in [0.1, 0.15) is 28.4 Å². The third kappa shape index (κ3) is 4.68. The Labute approximate surface area is 198 Å². The van der Waals surface area contributed by atoms with E-state index in [-0.39, 0.29) is 36.8 Å². The van der Waals surface area contributed by atoms with Gasteiger partial charge in [-0.05, 0) is 31.0 Å². The van der Waals surface area contributed by atoms with Crippen LogP contribution in [-0.2, 0) is 13.1 Å². The summed E-state index contributed by atoms with van der Waals surface area (Å²) in [6, 6.07) is 17.6. The van der Waals surface area contributed by atoms with E-state index >= 15 is 0 Å². The molecular formula is C26H31N5O3. The van der Waals surface area contributed by atoms with Gasteiger partial charge in [0.2, 0.25) is 0 Å². The minimum absolute atomic E-state index is 0.0629. The molecule has 1 aliphatic rings. The maximum atomic E-state index is 13.3. The Kier molecular flexibility index (Phi) is 6.98. The molecule has 0 saturated carbocycles. The Morgan fingerprint density at radius 2 is 1.56 bits per heavy atom. The van der Waals surface area contributed by atoms with Crippen LogP contribution in [0.25, 0.3) is 0 Å². The number of aryl methyl sites for hydroxylation is 1. The monoisotopic (exact) mass is 461 g/mol. The van der Waals surface area contributed by atoms with Crippen molar-refractivity contribution in [2.45, 2.75) is 26.9 Å². The quantitative estimate of drug-likeness (QED) is 0.541. The second-order valence-electron chi connectivity index (χ2n) is 8.64. The lowest BCUT2D eigenvalue weighted by Crippen LogP contribution is -2.49. The van der Waals surface area contributed by atoms with E-state index in [1.54, 1.807) is 6.92 Å². The van der Waals surface area contributed by atoms with Crippen molar-refractivity contribution in [1.82, 2.24) is 14.0 Å². The van der Waals surface area contributed by atoms with Crippen molar-refractivity contribution >= 4 is 17.3 Å². The first-order chi connectivity index (χ1) is 16.4. The lowest BCUT2D eigenvalue weighted by Gasteiger charge is -2.36. The fraction of sp³-hybridized carbons (Fsp3) is 0.346. The molecule has 0 amide bonds. The second kappa shape index (κ2) is 10.1. The summed E-state index contributed by atoms with van der Waals surface area (Å²) < 4.78 is 2.41. The number of rotatable bonds is 7. The van der Waals surface area contributed by atoms with Crippen LogP contribution >= 0.6 is 0 Å². The summed E-state index contributed by atoms with van der Waals surface area (Å²) in [6.07, 6.45) is 0. The van der Waals surface area contributed by atoms with Crippen LogP contribution in [0.4, 0.5) is 11.5 Å². The lowest BCUT2D eigenvalue weighted by molar-refractivity contribution is 0.0924. The Hall–Kier alpha value is -3.65. The molecule has 34 heavy (non-hydrogen) atoms. The zero-order valence-corrected chi connectivity index (χ0v) is 19.7. The number of nitrogens with zero attached hydrogens (tertiary/aromatic N) is 4. The molecule has 4 rings (SSSR count). The van der Waals surface area contributed by atoms with Crippen LogP contribution in [0.3, 0.4) is 0 Å². The standard InChI is InChI=1S/C26H31N5O3/c1-3-30-25(33)23(24(27)31(26(30)34)17-20-10-5-4-6-11-20)22(32)18-28-13-15-29(16-14-28)21-12-8-7-9-19(21)2/h4-12H,3,13-18,27H2,1-2H3. The van der Waals surface area contributed by atoms with Gasteiger partial charge in [-0.25, -0.2) is 4.79 Å². The Morgan fingerprint density at radius 3 is 2.21 bits per heavy atom. The summed E-state index contributed by atoms with van der Waals surface area (Å²) in [5, 5.41) is 0. The van der Waals surface area contributed by atoms with Crippen LogP contribution in [0.2, 0.25) is 0 Å². The number of anilines is 2. The van der Waals surface area contributed by atoms with Crippen LogP contribution in [0.15, 0.2) is 64.2 Å². The average Bonchev–Trinajstić information content (AvgIpc) is 2.84. The number of benzene rings is 2. The first kappa shape index (κ1) is 23.5. The molecule has 1 fully saturated rings. The highest BCUT2D eigenvalue weighted by Gasteiger charge is 2.26. The first-order valence-electron chi connectivity index (χ1n) is 11.6. The van der Waals surface area contributed by atoms with E-state index in [1.807, 2.05) is 47.4 Å². The number of carbonyl (C=O) groups excluding carboxylic acids is 1. The van der Waals surface area contributed by atoms with Crippen molar-refractivity contribution in [3.8, 4) is 0 Å². The predicted octanol–water partition coefficient (Wildman–Crippen LogP) is 1.97. The molecule has 1 aliphatic heterocycles. The van der Waals surface area contributed by atoms with Gasteiger partial charge in [0.1, 0.15) is 11.4 Å². The van der Waals surface area contributed by atoms with Gasteiger partial charge in [-0.2, -0.15) is 0 Å². The number of nitrogens with two attached hydrogens (primary N) is 1. The molecule has 0 radical (unpaired) electrons. The van der Waals surface area contributed by atoms with Gasteiger partial charge in [-0.15, -0.1) is 0 Å². The number of ketones is 1. The SMILES string of the molecule is CCn1c(=O)c(C(=O)CN2CCN(c3ccccc3C)CC2)c(N)n(Cc2ccccc2)c1=O. The molecule has 0 unspecified atom stereocenters. The smallest absolute Gasteiger partial charge is 0.332 e. The Bertz CT molecular complexity index is 1290. The van der Waals surface area contributed by atoms with E-state index in [0.29, 0.717) is 13.1 Å². The number of Topliss-reactive ketones (excluding diaryl/α,β-unsaturated/α-hetero) is 1. The number of hydrogen-bond acceptors (Lipinski definition) is 6. The molecule has 0 spiro atoms. The highest BCUT2D eigenvalue weighted by atomic mass is 16.2. The van der Waals surface area contributed by atoms with E-state index < -0.39 is 11.2 Å². The third-order valence-corrected chi connectivity index (χ3v) is 6.44. The molecule has 2 heterocycles. The third-order valence-electron chi connectivity index (χ3n) is 6.44. The molecule has 178 valence electrons. The van der Waals surface area contributed by atoms with Crippen LogP contribution in [-0.4, -0.2) is 52.5 Å². The van der Waals surface area contributed by atoms with E-state index in [4.69, 9.17) is 5.73 Å². The molecule has 0 aliphatic carbocycles. The molecule has 0 bridgehead atoms. The van der Waals surface area contributed by atoms with E-state index in [2.05, 4.69) is 24.0 Å². The molecule has 8 nitrogen and oxygen atoms in total. The lowest BCUT2D eigenvalue weighted by atomic mass is 10.1. The van der Waals surface area contributed by atoms with Crippen LogP contribution in [0.5, 0.6) is 0 Å². The first-order valence-corrected chi connectivity index (χ1v) is 11.6. The molecule has 3 aromatic rings. The fourth-order valence-electron chi connectivity index (χ4n) is 4.52. The van der Waals surface area contributed by atoms with E-state index in [9.17, 15) is 14.4 Å². The number of hydrogen-bond donors (Lipinski definition) is 1. The van der Waals surface area contributed by atoms with Crippen LogP contribution < -0.4 is 21.9 Å². The molecule has 0 atom stereocenters. The van der Waals surface area contributed by atoms with Gasteiger partial charge < -0.3 is 10.6 Å². The van der Waals surface area contributed by atoms with Gasteiger partial charge in [-0.1, -0.05) is 48.5 Å². The summed E-state index contributed by atoms with van der Waals surface area (Å²) in [5.74, 6) is -0.414. The maximum Gasteiger partial charge on any atom is 0.332 e. The number of para-hydroxylation sites is 1. The average molecular weight is 462 g/mol. The molecule has 8 heteroatoms. The van der Waals surface area contributed by atoms with Gasteiger partial charge in [0.25, 0.3) is 5.56 Å².